The molecule has 1 aromatic heterocycles. The molecular formula is C17H31N5O2. The zero-order chi connectivity index (χ0) is 17.7. The second kappa shape index (κ2) is 8.48. The molecule has 2 amide bonds. The molecule has 2 heterocycles. The Hall–Kier alpha value is -1.60. The van der Waals surface area contributed by atoms with Crippen molar-refractivity contribution in [2.45, 2.75) is 40.3 Å². The number of hydrogen-bond donors (Lipinski definition) is 1. The van der Waals surface area contributed by atoms with Crippen molar-refractivity contribution < 1.29 is 9.32 Å². The van der Waals surface area contributed by atoms with Crippen LogP contribution in [0.1, 0.15) is 30.9 Å². The zero-order valence-corrected chi connectivity index (χ0v) is 15.6. The summed E-state index contributed by atoms with van der Waals surface area (Å²) in [6, 6.07) is 0.287. The third kappa shape index (κ3) is 4.70. The number of carbonyl (C=O) groups is 1. The predicted octanol–water partition coefficient (Wildman–Crippen LogP) is 1.46. The Labute approximate surface area is 144 Å². The van der Waals surface area contributed by atoms with Gasteiger partial charge in [0.1, 0.15) is 5.76 Å². The smallest absolute Gasteiger partial charge is 0.317 e. The quantitative estimate of drug-likeness (QED) is 0.851. The highest BCUT2D eigenvalue weighted by Gasteiger charge is 2.21. The van der Waals surface area contributed by atoms with Crippen molar-refractivity contribution in [2.75, 3.05) is 46.3 Å². The lowest BCUT2D eigenvalue weighted by Crippen LogP contribution is -2.52. The summed E-state index contributed by atoms with van der Waals surface area (Å²) >= 11 is 0. The van der Waals surface area contributed by atoms with Gasteiger partial charge in [-0.3, -0.25) is 4.90 Å². The maximum atomic E-state index is 12.3. The number of urea groups is 1. The van der Waals surface area contributed by atoms with Crippen molar-refractivity contribution in [1.29, 1.82) is 0 Å². The number of amides is 2. The van der Waals surface area contributed by atoms with Crippen molar-refractivity contribution in [3.05, 3.63) is 17.0 Å². The second-order valence-corrected chi connectivity index (χ2v) is 6.66. The summed E-state index contributed by atoms with van der Waals surface area (Å²) in [6.07, 6.45) is 0. The Morgan fingerprint density at radius 3 is 2.54 bits per heavy atom. The first-order valence-electron chi connectivity index (χ1n) is 8.79. The van der Waals surface area contributed by atoms with Crippen LogP contribution >= 0.6 is 0 Å². The van der Waals surface area contributed by atoms with Crippen LogP contribution in [-0.2, 0) is 6.54 Å². The molecule has 24 heavy (non-hydrogen) atoms. The van der Waals surface area contributed by atoms with E-state index >= 15 is 0 Å². The monoisotopic (exact) mass is 337 g/mol. The van der Waals surface area contributed by atoms with Gasteiger partial charge in [0.25, 0.3) is 0 Å². The van der Waals surface area contributed by atoms with Gasteiger partial charge in [-0.2, -0.15) is 0 Å². The molecule has 1 atom stereocenters. The fourth-order valence-corrected chi connectivity index (χ4v) is 3.06. The molecule has 2 rings (SSSR count). The fourth-order valence-electron chi connectivity index (χ4n) is 3.06. The van der Waals surface area contributed by atoms with E-state index in [-0.39, 0.29) is 6.03 Å². The van der Waals surface area contributed by atoms with E-state index in [4.69, 9.17) is 4.52 Å². The van der Waals surface area contributed by atoms with Crippen LogP contribution in [0.25, 0.3) is 0 Å². The molecule has 1 aromatic rings. The minimum Gasteiger partial charge on any atom is -0.361 e. The van der Waals surface area contributed by atoms with E-state index in [1.807, 2.05) is 13.8 Å². The Bertz CT molecular complexity index is 518. The minimum absolute atomic E-state index is 0.0611. The largest absolute Gasteiger partial charge is 0.361 e. The van der Waals surface area contributed by atoms with Gasteiger partial charge in [0.05, 0.1) is 12.2 Å². The van der Waals surface area contributed by atoms with E-state index in [9.17, 15) is 4.79 Å². The highest BCUT2D eigenvalue weighted by Crippen LogP contribution is 2.14. The van der Waals surface area contributed by atoms with Gasteiger partial charge in [-0.25, -0.2) is 4.79 Å². The lowest BCUT2D eigenvalue weighted by Gasteiger charge is -2.37. The van der Waals surface area contributed by atoms with Crippen molar-refractivity contribution in [3.63, 3.8) is 0 Å². The van der Waals surface area contributed by atoms with Gasteiger partial charge in [0.15, 0.2) is 0 Å². The van der Waals surface area contributed by atoms with Gasteiger partial charge in [-0.05, 0) is 27.3 Å². The second-order valence-electron chi connectivity index (χ2n) is 6.66. The van der Waals surface area contributed by atoms with E-state index < -0.39 is 0 Å². The maximum absolute atomic E-state index is 12.3. The number of aromatic nitrogens is 1. The highest BCUT2D eigenvalue weighted by molar-refractivity contribution is 5.73. The number of rotatable bonds is 6. The molecule has 7 heteroatoms. The van der Waals surface area contributed by atoms with Gasteiger partial charge in [-0.15, -0.1) is 0 Å². The summed E-state index contributed by atoms with van der Waals surface area (Å²) in [5.41, 5.74) is 1.82. The summed E-state index contributed by atoms with van der Waals surface area (Å²) in [7, 11) is 1.80. The van der Waals surface area contributed by atoms with Crippen LogP contribution in [-0.4, -0.2) is 78.2 Å². The van der Waals surface area contributed by atoms with Crippen LogP contribution in [0.15, 0.2) is 4.52 Å². The standard InChI is InChI=1S/C17H31N5O2/c1-6-21-7-9-22(10-8-21)13(2)11-18-17(23)20(5)12-16-14(3)19-24-15(16)4/h13H,6-12H2,1-5H3,(H,18,23)/t13-/m0/s1. The maximum Gasteiger partial charge on any atom is 0.317 e. The van der Waals surface area contributed by atoms with Gasteiger partial charge in [0.2, 0.25) is 0 Å². The first kappa shape index (κ1) is 18.7. The summed E-state index contributed by atoms with van der Waals surface area (Å²) in [6.45, 7) is 14.8. The first-order chi connectivity index (χ1) is 11.4. The Balaban J connectivity index is 1.76. The van der Waals surface area contributed by atoms with Crippen molar-refractivity contribution >= 4 is 6.03 Å². The molecule has 136 valence electrons. The third-order valence-electron chi connectivity index (χ3n) is 4.95. The number of carbonyl (C=O) groups excluding carboxylic acids is 1. The van der Waals surface area contributed by atoms with Gasteiger partial charge in [0, 0.05) is 51.4 Å². The van der Waals surface area contributed by atoms with Crippen LogP contribution in [0.2, 0.25) is 0 Å². The van der Waals surface area contributed by atoms with Gasteiger partial charge < -0.3 is 19.6 Å². The molecule has 1 saturated heterocycles. The lowest BCUT2D eigenvalue weighted by atomic mass is 10.2. The molecule has 0 bridgehead atoms. The van der Waals surface area contributed by atoms with Gasteiger partial charge in [-0.1, -0.05) is 12.1 Å². The molecule has 1 fully saturated rings. The van der Waals surface area contributed by atoms with Crippen LogP contribution in [0.3, 0.4) is 0 Å². The Morgan fingerprint density at radius 2 is 2.00 bits per heavy atom. The topological polar surface area (TPSA) is 64.8 Å². The normalized spacial score (nSPS) is 17.7. The van der Waals surface area contributed by atoms with E-state index in [2.05, 4.69) is 34.1 Å². The minimum atomic E-state index is -0.0611. The summed E-state index contributed by atoms with van der Waals surface area (Å²) in [5, 5.41) is 6.97. The van der Waals surface area contributed by atoms with Crippen LogP contribution in [0.5, 0.6) is 0 Å². The number of piperazine rings is 1. The van der Waals surface area contributed by atoms with E-state index in [0.29, 0.717) is 19.1 Å². The van der Waals surface area contributed by atoms with Crippen molar-refractivity contribution in [3.8, 4) is 0 Å². The van der Waals surface area contributed by atoms with E-state index in [1.165, 1.54) is 0 Å². The molecule has 0 spiro atoms. The third-order valence-corrected chi connectivity index (χ3v) is 4.95. The number of aryl methyl sites for hydroxylation is 2. The average molecular weight is 337 g/mol. The highest BCUT2D eigenvalue weighted by atomic mass is 16.5. The molecule has 0 radical (unpaired) electrons. The van der Waals surface area contributed by atoms with Crippen LogP contribution in [0, 0.1) is 13.8 Å². The molecule has 0 aromatic carbocycles. The molecule has 1 N–H and O–H groups in total. The lowest BCUT2D eigenvalue weighted by molar-refractivity contribution is 0.105. The zero-order valence-electron chi connectivity index (χ0n) is 15.6. The Morgan fingerprint density at radius 1 is 1.33 bits per heavy atom. The summed E-state index contributed by atoms with van der Waals surface area (Å²) < 4.78 is 5.15. The number of nitrogens with one attached hydrogen (secondary N) is 1. The van der Waals surface area contributed by atoms with Crippen molar-refractivity contribution in [1.82, 2.24) is 25.2 Å². The predicted molar refractivity (Wildman–Crippen MR) is 94.0 cm³/mol. The summed E-state index contributed by atoms with van der Waals surface area (Å²) in [5.74, 6) is 0.773. The molecule has 1 aliphatic heterocycles. The van der Waals surface area contributed by atoms with Crippen LogP contribution < -0.4 is 5.32 Å². The molecule has 0 saturated carbocycles. The number of likely N-dealkylation sites (N-methyl/N-ethyl adjacent to an activating group) is 1. The van der Waals surface area contributed by atoms with E-state index in [0.717, 1.165) is 49.7 Å². The Kier molecular flexibility index (Phi) is 6.62. The van der Waals surface area contributed by atoms with Crippen molar-refractivity contribution in [2.24, 2.45) is 0 Å². The first-order valence-corrected chi connectivity index (χ1v) is 8.79. The molecule has 1 aliphatic rings. The van der Waals surface area contributed by atoms with Gasteiger partial charge >= 0.3 is 6.03 Å². The molecule has 7 nitrogen and oxygen atoms in total. The SMILES string of the molecule is CCN1CCN([C@@H](C)CNC(=O)N(C)Cc2c(C)noc2C)CC1. The fraction of sp³-hybridized carbons (Fsp3) is 0.765. The van der Waals surface area contributed by atoms with Crippen LogP contribution in [0.4, 0.5) is 4.79 Å². The number of nitrogens with zero attached hydrogens (tertiary/aromatic N) is 4. The molecule has 0 aliphatic carbocycles. The average Bonchev–Trinajstić information content (AvgIpc) is 2.91. The molecule has 0 unspecified atom stereocenters. The summed E-state index contributed by atoms with van der Waals surface area (Å²) in [4.78, 5) is 18.9. The number of hydrogen-bond acceptors (Lipinski definition) is 5. The van der Waals surface area contributed by atoms with E-state index in [1.54, 1.807) is 11.9 Å². The molecular weight excluding hydrogens is 306 g/mol.